The number of benzene rings is 8. The standard InChI is InChI=1S/C38H49BBrNO8S.C32H37NO6S.C31H44BNO6/c1-22-26-16-14-20-46-29(26)19-18-27(22)30-23(2)32(39-48-37(7,8)38(9,10)49-39)33(41-50(43,44)21-25-15-12-13-17-28(25)40)24(3)31(30)34(35(42)45-11)47-36(4,5)6;1-18-22-13-10-16-38-25(22)15-14-23(18)26-19(2)27-24-12-9-8-11-21(24)17-40(35,36)33-29(27)20(3)28(26)30(31(34)37-7)39-32(4,5)6;1-17-20-13-12-16-36-22(20)15-14-21(17)23-18(2)25(32-38-30(7,8)31(9,10)39-32)26(33)19(3)24(23)27(28(34)35-11)37-29(4,5)6/h12-13,15,17-19,34,41H,14,16,20-21H2,1-11H3;8-9,11-12,14-15,30,33H,10,13,16-17H2,1-7H3;14-15,27H,12-13,16,33H2,1-11H3/t34-;30-;27-/m000/s1. The van der Waals surface area contributed by atoms with Crippen molar-refractivity contribution in [1.29, 1.82) is 0 Å². The Morgan fingerprint density at radius 2 is 0.829 bits per heavy atom. The van der Waals surface area contributed by atoms with Crippen LogP contribution in [0.5, 0.6) is 17.2 Å². The number of hydrogen-bond acceptors (Lipinski definition) is 21. The van der Waals surface area contributed by atoms with Gasteiger partial charge in [-0.2, -0.15) is 0 Å². The minimum atomic E-state index is -4.02. The number of ether oxygens (including phenoxy) is 9. The molecule has 694 valence electrons. The number of nitrogen functional groups attached to an aromatic ring is 1. The molecule has 0 saturated carbocycles. The molecule has 6 aliphatic rings. The number of anilines is 3. The molecule has 0 amide bonds. The van der Waals surface area contributed by atoms with Crippen LogP contribution in [0.2, 0.25) is 0 Å². The van der Waals surface area contributed by atoms with Crippen LogP contribution in [0.3, 0.4) is 0 Å². The van der Waals surface area contributed by atoms with E-state index in [2.05, 4.69) is 52.2 Å². The third kappa shape index (κ3) is 20.3. The van der Waals surface area contributed by atoms with Gasteiger partial charge in [0.25, 0.3) is 0 Å². The van der Waals surface area contributed by atoms with Gasteiger partial charge in [0.15, 0.2) is 18.3 Å². The van der Waals surface area contributed by atoms with Crippen molar-refractivity contribution in [1.82, 2.24) is 0 Å². The van der Waals surface area contributed by atoms with Gasteiger partial charge in [-0.3, -0.25) is 9.44 Å². The summed E-state index contributed by atoms with van der Waals surface area (Å²) >= 11 is 3.50. The highest BCUT2D eigenvalue weighted by molar-refractivity contribution is 9.10. The second-order valence-electron chi connectivity index (χ2n) is 39.5. The molecule has 14 rings (SSSR count). The van der Waals surface area contributed by atoms with E-state index in [9.17, 15) is 31.2 Å². The van der Waals surface area contributed by atoms with Crippen LogP contribution in [0.15, 0.2) is 89.4 Å². The monoisotopic (exact) mass is 1870 g/mol. The van der Waals surface area contributed by atoms with Crippen molar-refractivity contribution in [2.24, 2.45) is 0 Å². The van der Waals surface area contributed by atoms with Crippen LogP contribution in [0.4, 0.5) is 17.1 Å². The van der Waals surface area contributed by atoms with Crippen LogP contribution in [-0.2, 0) is 112 Å². The number of sulfonamides is 2. The third-order valence-corrected chi connectivity index (χ3v) is 29.3. The number of nitrogens with one attached hydrogen (secondary N) is 2. The predicted molar refractivity (Wildman–Crippen MR) is 514 cm³/mol. The fourth-order valence-electron chi connectivity index (χ4n) is 18.3. The van der Waals surface area contributed by atoms with E-state index in [0.29, 0.717) is 80.1 Å². The number of methoxy groups -OCH3 is 3. The van der Waals surface area contributed by atoms with Crippen LogP contribution in [0.1, 0.15) is 250 Å². The number of carbonyl (C=O) groups is 3. The highest BCUT2D eigenvalue weighted by atomic mass is 79.9. The molecule has 6 heterocycles. The second kappa shape index (κ2) is 37.3. The molecule has 28 heteroatoms. The highest BCUT2D eigenvalue weighted by Crippen LogP contribution is 2.54. The van der Waals surface area contributed by atoms with E-state index in [0.717, 1.165) is 156 Å². The van der Waals surface area contributed by atoms with Crippen LogP contribution in [0.25, 0.3) is 44.5 Å². The summed E-state index contributed by atoms with van der Waals surface area (Å²) in [4.78, 5) is 40.5. The summed E-state index contributed by atoms with van der Waals surface area (Å²) in [7, 11) is -5.29. The van der Waals surface area contributed by atoms with Gasteiger partial charge in [0.05, 0.1) is 103 Å². The van der Waals surface area contributed by atoms with E-state index in [1.54, 1.807) is 18.2 Å². The van der Waals surface area contributed by atoms with Crippen LogP contribution in [0, 0.1) is 62.3 Å². The van der Waals surface area contributed by atoms with Crippen LogP contribution < -0.4 is 40.3 Å². The molecular formula is C101H130B2BrN3O20S2. The Morgan fingerprint density at radius 1 is 0.473 bits per heavy atom. The van der Waals surface area contributed by atoms with E-state index in [1.807, 2.05) is 220 Å². The Balaban J connectivity index is 0.000000177. The van der Waals surface area contributed by atoms with Gasteiger partial charge in [0, 0.05) is 43.3 Å². The van der Waals surface area contributed by atoms with Gasteiger partial charge in [-0.05, 0) is 360 Å². The van der Waals surface area contributed by atoms with Crippen molar-refractivity contribution >= 4 is 96.1 Å². The van der Waals surface area contributed by atoms with Crippen molar-refractivity contribution < 1.29 is 92.5 Å². The Morgan fingerprint density at radius 3 is 1.22 bits per heavy atom. The Hall–Kier alpha value is -8.80. The Labute approximate surface area is 773 Å². The first kappa shape index (κ1) is 99.2. The Bertz CT molecular complexity index is 5930. The first-order valence-electron chi connectivity index (χ1n) is 44.4. The van der Waals surface area contributed by atoms with E-state index >= 15 is 0 Å². The van der Waals surface area contributed by atoms with Gasteiger partial charge >= 0.3 is 32.1 Å². The lowest BCUT2D eigenvalue weighted by atomic mass is 9.69. The summed E-state index contributed by atoms with van der Waals surface area (Å²) in [6, 6.07) is 26.9. The fraction of sp³-hybridized carbons (Fsp3) is 0.495. The quantitative estimate of drug-likeness (QED) is 0.0311. The molecule has 129 heavy (non-hydrogen) atoms. The molecular weight excluding hydrogens is 1740 g/mol. The van der Waals surface area contributed by atoms with Crippen molar-refractivity contribution in [3.05, 3.63) is 184 Å². The molecule has 8 aromatic carbocycles. The van der Waals surface area contributed by atoms with Gasteiger partial charge in [-0.1, -0.05) is 76.6 Å². The average molecular weight is 1870 g/mol. The van der Waals surface area contributed by atoms with E-state index in [4.69, 9.17) is 67.0 Å². The smallest absolute Gasteiger partial charge is 0.493 e. The minimum Gasteiger partial charge on any atom is -0.493 e. The zero-order valence-corrected chi connectivity index (χ0v) is 83.9. The molecule has 8 aromatic rings. The summed E-state index contributed by atoms with van der Waals surface area (Å²) in [6.45, 7) is 52.8. The zero-order valence-electron chi connectivity index (χ0n) is 80.7. The molecule has 6 aliphatic heterocycles. The molecule has 4 N–H and O–H groups in total. The average Bonchev–Trinajstić information content (AvgIpc) is 1.72. The minimum absolute atomic E-state index is 0.143. The highest BCUT2D eigenvalue weighted by Gasteiger charge is 2.56. The van der Waals surface area contributed by atoms with E-state index in [-0.39, 0.29) is 17.2 Å². The lowest BCUT2D eigenvalue weighted by Gasteiger charge is -2.33. The predicted octanol–water partition coefficient (Wildman–Crippen LogP) is 19.7. The first-order valence-corrected chi connectivity index (χ1v) is 48.4. The number of rotatable bonds is 18. The van der Waals surface area contributed by atoms with Crippen molar-refractivity contribution in [2.75, 3.05) is 56.3 Å². The normalized spacial score (nSPS) is 17.6. The summed E-state index contributed by atoms with van der Waals surface area (Å²) < 4.78 is 141. The summed E-state index contributed by atoms with van der Waals surface area (Å²) in [5.74, 6) is 0.567. The van der Waals surface area contributed by atoms with Crippen molar-refractivity contribution in [3.8, 4) is 61.8 Å². The molecule has 0 unspecified atom stereocenters. The maximum atomic E-state index is 14.1. The van der Waals surface area contributed by atoms with E-state index in [1.165, 1.54) is 26.9 Å². The number of carbonyl (C=O) groups excluding carboxylic acids is 3. The lowest BCUT2D eigenvalue weighted by molar-refractivity contribution is -0.164. The third-order valence-electron chi connectivity index (χ3n) is 26.1. The summed E-state index contributed by atoms with van der Waals surface area (Å²) in [5.41, 5.74) is 25.9. The van der Waals surface area contributed by atoms with E-state index < -0.39 is 110 Å². The fourth-order valence-corrected chi connectivity index (χ4v) is 21.5. The molecule has 0 spiro atoms. The maximum Gasteiger partial charge on any atom is 0.497 e. The molecule has 3 atom stereocenters. The van der Waals surface area contributed by atoms with Gasteiger partial charge in [0.1, 0.15) is 17.2 Å². The molecule has 2 fully saturated rings. The number of nitrogens with two attached hydrogens (primary N) is 1. The molecule has 23 nitrogen and oxygen atoms in total. The van der Waals surface area contributed by atoms with Gasteiger partial charge in [-0.25, -0.2) is 31.2 Å². The molecule has 0 aromatic heterocycles. The molecule has 0 bridgehead atoms. The van der Waals surface area contributed by atoms with Crippen molar-refractivity contribution in [3.63, 3.8) is 0 Å². The largest absolute Gasteiger partial charge is 0.497 e. The second-order valence-corrected chi connectivity index (χ2v) is 43.8. The first-order chi connectivity index (χ1) is 60.0. The number of halogens is 1. The molecule has 0 aliphatic carbocycles. The zero-order chi connectivity index (χ0) is 95.0. The lowest BCUT2D eigenvalue weighted by Crippen LogP contribution is -2.41. The van der Waals surface area contributed by atoms with Crippen molar-refractivity contribution in [2.45, 2.75) is 288 Å². The number of fused-ring (bicyclic) bond motifs is 6. The van der Waals surface area contributed by atoms with Crippen LogP contribution in [-0.4, -0.2) is 129 Å². The van der Waals surface area contributed by atoms with Gasteiger partial charge < -0.3 is 67.0 Å². The molecule has 2 saturated heterocycles. The van der Waals surface area contributed by atoms with Gasteiger partial charge in [0.2, 0.25) is 20.0 Å². The Kier molecular flexibility index (Phi) is 28.7. The maximum absolute atomic E-state index is 14.1. The summed E-state index contributed by atoms with van der Waals surface area (Å²) in [6.07, 6.45) is 2.19. The number of hydrogen-bond donors (Lipinski definition) is 3. The topological polar surface area (TPSA) is 290 Å². The summed E-state index contributed by atoms with van der Waals surface area (Å²) in [5, 5.41) is 0. The van der Waals surface area contributed by atoms with Gasteiger partial charge in [-0.15, -0.1) is 0 Å². The van der Waals surface area contributed by atoms with Crippen LogP contribution >= 0.6 is 15.9 Å². The molecule has 0 radical (unpaired) electrons. The number of esters is 3. The SMILES string of the molecule is COC(=O)[C@@H](OC(C)(C)C)c1c(C)c(N)c(B2OC(C)(C)C(C)(C)O2)c(C)c1-c1ccc2c(c1C)CCCO2.COC(=O)[C@@H](OC(C)(C)C)c1c(C)c(NS(=O)(=O)Cc2ccccc2Br)c(B2OC(C)(C)C(C)(C)O2)c(C)c1-c1ccc2c(c1C)CCCO2.COC(=O)[C@@H](OC(C)(C)C)c1c(C)c2c(c(C)c1-c1ccc3c(c1C)CCCO3)-c1ccccc1CS(=O)(=O)N2.